The zero-order chi connectivity index (χ0) is 18.0. The van der Waals surface area contributed by atoms with Gasteiger partial charge in [0.05, 0.1) is 28.0 Å². The number of nitrogens with zero attached hydrogens (tertiary/aromatic N) is 4. The molecular weight excluding hydrogens is 322 g/mol. The Balaban J connectivity index is 2.00. The number of fused-ring (bicyclic) bond motifs is 1. The highest BCUT2D eigenvalue weighted by atomic mass is 16.6. The van der Waals surface area contributed by atoms with Crippen molar-refractivity contribution in [3.63, 3.8) is 0 Å². The van der Waals surface area contributed by atoms with Crippen LogP contribution >= 0.6 is 0 Å². The summed E-state index contributed by atoms with van der Waals surface area (Å²) >= 11 is 0. The zero-order valence-electron chi connectivity index (χ0n) is 13.7. The number of non-ortho nitro benzene ring substituents is 1. The van der Waals surface area contributed by atoms with Crippen LogP contribution in [0.25, 0.3) is 10.9 Å². The molecule has 0 radical (unpaired) electrons. The van der Waals surface area contributed by atoms with E-state index in [9.17, 15) is 20.2 Å². The highest BCUT2D eigenvalue weighted by molar-refractivity contribution is 5.88. The van der Waals surface area contributed by atoms with Crippen molar-refractivity contribution in [3.05, 3.63) is 39.9 Å². The molecule has 1 aromatic carbocycles. The van der Waals surface area contributed by atoms with Gasteiger partial charge in [0.2, 0.25) is 5.91 Å². The molecule has 25 heavy (non-hydrogen) atoms. The molecule has 0 saturated carbocycles. The fraction of sp³-hybridized carbons (Fsp3) is 0.353. The number of nitro groups is 1. The SMILES string of the molecule is CNC(=O)[C@@H]1CCCN(c2cc(C#N)c3cc([N+](=O)[O-])ccc3n2)C1. The third kappa shape index (κ3) is 3.21. The van der Waals surface area contributed by atoms with E-state index in [4.69, 9.17) is 0 Å². The topological polar surface area (TPSA) is 112 Å². The van der Waals surface area contributed by atoms with Crippen molar-refractivity contribution in [2.45, 2.75) is 12.8 Å². The lowest BCUT2D eigenvalue weighted by atomic mass is 9.97. The van der Waals surface area contributed by atoms with E-state index in [0.717, 1.165) is 19.4 Å². The maximum absolute atomic E-state index is 11.9. The van der Waals surface area contributed by atoms with E-state index in [0.29, 0.717) is 28.8 Å². The molecule has 1 aliphatic rings. The van der Waals surface area contributed by atoms with Crippen LogP contribution in [0.5, 0.6) is 0 Å². The van der Waals surface area contributed by atoms with Crippen molar-refractivity contribution in [3.8, 4) is 6.07 Å². The monoisotopic (exact) mass is 339 g/mol. The van der Waals surface area contributed by atoms with Crippen LogP contribution in [0.3, 0.4) is 0 Å². The number of rotatable bonds is 3. The standard InChI is InChI=1S/C17H17N5O3/c1-19-17(23)11-3-2-6-21(10-11)16-7-12(9-18)14-8-13(22(24)25)4-5-15(14)20-16/h4-5,7-8,11H,2-3,6,10H2,1H3,(H,19,23)/t11-/m1/s1. The second kappa shape index (κ2) is 6.73. The minimum atomic E-state index is -0.493. The maximum Gasteiger partial charge on any atom is 0.270 e. The first-order valence-corrected chi connectivity index (χ1v) is 7.99. The van der Waals surface area contributed by atoms with Crippen molar-refractivity contribution in [1.82, 2.24) is 10.3 Å². The smallest absolute Gasteiger partial charge is 0.270 e. The Morgan fingerprint density at radius 3 is 2.96 bits per heavy atom. The number of pyridine rings is 1. The zero-order valence-corrected chi connectivity index (χ0v) is 13.7. The van der Waals surface area contributed by atoms with Crippen LogP contribution in [0, 0.1) is 27.4 Å². The summed E-state index contributed by atoms with van der Waals surface area (Å²) in [6.07, 6.45) is 1.68. The molecule has 0 unspecified atom stereocenters. The lowest BCUT2D eigenvalue weighted by Gasteiger charge is -2.32. The van der Waals surface area contributed by atoms with Crippen LogP contribution in [-0.4, -0.2) is 36.0 Å². The molecule has 1 saturated heterocycles. The summed E-state index contributed by atoms with van der Waals surface area (Å²) in [5.74, 6) is 0.506. The van der Waals surface area contributed by atoms with E-state index >= 15 is 0 Å². The van der Waals surface area contributed by atoms with Crippen molar-refractivity contribution in [2.24, 2.45) is 5.92 Å². The molecule has 8 heteroatoms. The van der Waals surface area contributed by atoms with E-state index in [1.165, 1.54) is 12.1 Å². The average molecular weight is 339 g/mol. The molecule has 0 bridgehead atoms. The summed E-state index contributed by atoms with van der Waals surface area (Å²) in [5, 5.41) is 23.5. The normalized spacial score (nSPS) is 17.1. The molecule has 1 N–H and O–H groups in total. The Bertz CT molecular complexity index is 890. The second-order valence-corrected chi connectivity index (χ2v) is 6.00. The number of nitro benzene ring substituents is 1. The highest BCUT2D eigenvalue weighted by Crippen LogP contribution is 2.28. The number of benzene rings is 1. The van der Waals surface area contributed by atoms with Crippen molar-refractivity contribution < 1.29 is 9.72 Å². The number of aromatic nitrogens is 1. The van der Waals surface area contributed by atoms with Crippen molar-refractivity contribution >= 4 is 28.3 Å². The largest absolute Gasteiger partial charge is 0.359 e. The van der Waals surface area contributed by atoms with Gasteiger partial charge in [-0.2, -0.15) is 5.26 Å². The maximum atomic E-state index is 11.9. The molecule has 1 aromatic heterocycles. The quantitative estimate of drug-likeness (QED) is 0.676. The summed E-state index contributed by atoms with van der Waals surface area (Å²) in [5.41, 5.74) is 0.795. The molecular formula is C17H17N5O3. The molecule has 0 aliphatic carbocycles. The molecule has 3 rings (SSSR count). The number of hydrogen-bond acceptors (Lipinski definition) is 6. The predicted molar refractivity (Wildman–Crippen MR) is 92.1 cm³/mol. The summed E-state index contributed by atoms with van der Waals surface area (Å²) in [6.45, 7) is 1.29. The van der Waals surface area contributed by atoms with Crippen molar-refractivity contribution in [1.29, 1.82) is 5.26 Å². The molecule has 2 aromatic rings. The fourth-order valence-corrected chi connectivity index (χ4v) is 3.17. The van der Waals surface area contributed by atoms with Gasteiger partial charge in [-0.25, -0.2) is 4.98 Å². The van der Waals surface area contributed by atoms with E-state index in [1.807, 2.05) is 4.90 Å². The minimum Gasteiger partial charge on any atom is -0.359 e. The summed E-state index contributed by atoms with van der Waals surface area (Å²) < 4.78 is 0. The number of carbonyl (C=O) groups is 1. The number of anilines is 1. The van der Waals surface area contributed by atoms with Gasteiger partial charge in [0.15, 0.2) is 0 Å². The fourth-order valence-electron chi connectivity index (χ4n) is 3.17. The Kier molecular flexibility index (Phi) is 4.48. The van der Waals surface area contributed by atoms with E-state index in [-0.39, 0.29) is 17.5 Å². The number of amides is 1. The van der Waals surface area contributed by atoms with Crippen LogP contribution in [0.4, 0.5) is 11.5 Å². The number of piperidine rings is 1. The van der Waals surface area contributed by atoms with E-state index in [2.05, 4.69) is 16.4 Å². The van der Waals surface area contributed by atoms with Gasteiger partial charge in [-0.05, 0) is 25.0 Å². The molecule has 1 amide bonds. The first-order chi connectivity index (χ1) is 12.0. The molecule has 8 nitrogen and oxygen atoms in total. The molecule has 128 valence electrons. The Morgan fingerprint density at radius 1 is 1.48 bits per heavy atom. The Morgan fingerprint density at radius 2 is 2.28 bits per heavy atom. The molecule has 2 heterocycles. The van der Waals surface area contributed by atoms with Gasteiger partial charge < -0.3 is 10.2 Å². The number of nitrogens with one attached hydrogen (secondary N) is 1. The number of nitriles is 1. The second-order valence-electron chi connectivity index (χ2n) is 6.00. The predicted octanol–water partition coefficient (Wildman–Crippen LogP) is 1.98. The number of carbonyl (C=O) groups excluding carboxylic acids is 1. The Hall–Kier alpha value is -3.21. The summed E-state index contributed by atoms with van der Waals surface area (Å²) in [4.78, 5) is 28.9. The highest BCUT2D eigenvalue weighted by Gasteiger charge is 2.26. The summed E-state index contributed by atoms with van der Waals surface area (Å²) in [7, 11) is 1.62. The molecule has 1 aliphatic heterocycles. The molecule has 1 fully saturated rings. The van der Waals surface area contributed by atoms with Gasteiger partial charge in [-0.1, -0.05) is 0 Å². The van der Waals surface area contributed by atoms with Gasteiger partial charge in [-0.3, -0.25) is 14.9 Å². The van der Waals surface area contributed by atoms with E-state index in [1.54, 1.807) is 19.2 Å². The van der Waals surface area contributed by atoms with Gasteiger partial charge in [-0.15, -0.1) is 0 Å². The lowest BCUT2D eigenvalue weighted by molar-refractivity contribution is -0.384. The summed E-state index contributed by atoms with van der Waals surface area (Å²) in [6, 6.07) is 8.03. The average Bonchev–Trinajstić information content (AvgIpc) is 2.65. The van der Waals surface area contributed by atoms with Crippen LogP contribution in [0.15, 0.2) is 24.3 Å². The van der Waals surface area contributed by atoms with Gasteiger partial charge in [0, 0.05) is 37.7 Å². The minimum absolute atomic E-state index is 0.00150. The van der Waals surface area contributed by atoms with Gasteiger partial charge in [0.1, 0.15) is 5.82 Å². The van der Waals surface area contributed by atoms with Crippen LogP contribution < -0.4 is 10.2 Å². The van der Waals surface area contributed by atoms with Crippen LogP contribution in [-0.2, 0) is 4.79 Å². The van der Waals surface area contributed by atoms with Crippen molar-refractivity contribution in [2.75, 3.05) is 25.0 Å². The van der Waals surface area contributed by atoms with Crippen LogP contribution in [0.1, 0.15) is 18.4 Å². The van der Waals surface area contributed by atoms with E-state index < -0.39 is 4.92 Å². The lowest BCUT2D eigenvalue weighted by Crippen LogP contribution is -2.42. The third-order valence-corrected chi connectivity index (χ3v) is 4.47. The Labute approximate surface area is 144 Å². The first-order valence-electron chi connectivity index (χ1n) is 7.99. The van der Waals surface area contributed by atoms with Gasteiger partial charge >= 0.3 is 0 Å². The number of hydrogen-bond donors (Lipinski definition) is 1. The van der Waals surface area contributed by atoms with Crippen LogP contribution in [0.2, 0.25) is 0 Å². The van der Waals surface area contributed by atoms with Gasteiger partial charge in [0.25, 0.3) is 5.69 Å². The molecule has 1 atom stereocenters. The first kappa shape index (κ1) is 16.6. The third-order valence-electron chi connectivity index (χ3n) is 4.47. The molecule has 0 spiro atoms.